The van der Waals surface area contributed by atoms with E-state index in [4.69, 9.17) is 4.74 Å². The molecule has 1 N–H and O–H groups in total. The van der Waals surface area contributed by atoms with Crippen molar-refractivity contribution >= 4 is 12.4 Å². The number of benzene rings is 1. The molecule has 0 radical (unpaired) electrons. The van der Waals surface area contributed by atoms with Gasteiger partial charge in [0, 0.05) is 11.6 Å². The van der Waals surface area contributed by atoms with Gasteiger partial charge in [-0.05, 0) is 69.5 Å². The van der Waals surface area contributed by atoms with Crippen molar-refractivity contribution in [1.29, 1.82) is 0 Å². The van der Waals surface area contributed by atoms with Gasteiger partial charge in [-0.15, -0.1) is 12.4 Å². The predicted octanol–water partition coefficient (Wildman–Crippen LogP) is 3.40. The molecule has 1 fully saturated rings. The number of aliphatic hydroxyl groups is 1. The van der Waals surface area contributed by atoms with Crippen molar-refractivity contribution in [3.05, 3.63) is 28.8 Å². The average Bonchev–Trinajstić information content (AvgIpc) is 2.61. The molecule has 0 spiro atoms. The number of halogens is 1. The number of aliphatic hydroxyl groups excluding tert-OH is 1. The van der Waals surface area contributed by atoms with Gasteiger partial charge < -0.3 is 9.84 Å². The summed E-state index contributed by atoms with van der Waals surface area (Å²) in [5, 5.41) is 10.8. The molecule has 0 bridgehead atoms. The summed E-state index contributed by atoms with van der Waals surface area (Å²) in [5.74, 6) is 0.875. The SMILES string of the molecule is Cc1cc2c(cc1C)[C@@H](O)[C@@H](N1CCCCC1)CCO2.Cl. The van der Waals surface area contributed by atoms with Crippen LogP contribution in [0.1, 0.15) is 48.5 Å². The number of likely N-dealkylation sites (tertiary alicyclic amines) is 1. The van der Waals surface area contributed by atoms with Crippen LogP contribution in [0.5, 0.6) is 5.75 Å². The molecule has 0 saturated carbocycles. The molecule has 2 aliphatic heterocycles. The van der Waals surface area contributed by atoms with E-state index in [1.807, 2.05) is 0 Å². The fourth-order valence-corrected chi connectivity index (χ4v) is 3.46. The van der Waals surface area contributed by atoms with E-state index in [0.717, 1.165) is 30.8 Å². The molecule has 21 heavy (non-hydrogen) atoms. The van der Waals surface area contributed by atoms with Crippen molar-refractivity contribution in [3.8, 4) is 5.75 Å². The third-order valence-electron chi connectivity index (χ3n) is 4.84. The van der Waals surface area contributed by atoms with Crippen LogP contribution in [0.25, 0.3) is 0 Å². The molecule has 0 aliphatic carbocycles. The van der Waals surface area contributed by atoms with Crippen molar-refractivity contribution < 1.29 is 9.84 Å². The Hall–Kier alpha value is -0.770. The van der Waals surface area contributed by atoms with Gasteiger partial charge in [0.2, 0.25) is 0 Å². The molecule has 0 amide bonds. The fraction of sp³-hybridized carbons (Fsp3) is 0.647. The molecule has 2 heterocycles. The average molecular weight is 312 g/mol. The van der Waals surface area contributed by atoms with Crippen LogP contribution in [-0.2, 0) is 0 Å². The topological polar surface area (TPSA) is 32.7 Å². The molecule has 0 unspecified atom stereocenters. The van der Waals surface area contributed by atoms with Crippen molar-refractivity contribution in [2.75, 3.05) is 19.7 Å². The second-order valence-corrected chi connectivity index (χ2v) is 6.22. The van der Waals surface area contributed by atoms with Crippen LogP contribution in [0.4, 0.5) is 0 Å². The molecular formula is C17H26ClNO2. The van der Waals surface area contributed by atoms with Gasteiger partial charge in [-0.25, -0.2) is 0 Å². The quantitative estimate of drug-likeness (QED) is 0.863. The van der Waals surface area contributed by atoms with E-state index in [0.29, 0.717) is 6.61 Å². The van der Waals surface area contributed by atoms with E-state index in [2.05, 4.69) is 30.9 Å². The molecule has 1 aromatic rings. The van der Waals surface area contributed by atoms with Crippen LogP contribution in [0, 0.1) is 13.8 Å². The molecule has 4 heteroatoms. The van der Waals surface area contributed by atoms with Crippen molar-refractivity contribution in [2.45, 2.75) is 51.7 Å². The normalized spacial score (nSPS) is 26.2. The van der Waals surface area contributed by atoms with Crippen LogP contribution in [0.2, 0.25) is 0 Å². The van der Waals surface area contributed by atoms with Crippen LogP contribution in [0.3, 0.4) is 0 Å². The number of rotatable bonds is 1. The highest BCUT2D eigenvalue weighted by molar-refractivity contribution is 5.85. The van der Waals surface area contributed by atoms with Crippen LogP contribution >= 0.6 is 12.4 Å². The first-order valence-electron chi connectivity index (χ1n) is 7.83. The summed E-state index contributed by atoms with van der Waals surface area (Å²) in [6.45, 7) is 7.12. The molecule has 2 aliphatic rings. The Balaban J connectivity index is 0.00000161. The number of piperidine rings is 1. The lowest BCUT2D eigenvalue weighted by molar-refractivity contribution is 0.0334. The maximum Gasteiger partial charge on any atom is 0.125 e. The van der Waals surface area contributed by atoms with Crippen LogP contribution < -0.4 is 4.74 Å². The summed E-state index contributed by atoms with van der Waals surface area (Å²) < 4.78 is 5.89. The molecule has 2 atom stereocenters. The van der Waals surface area contributed by atoms with Gasteiger partial charge in [-0.1, -0.05) is 6.42 Å². The standard InChI is InChI=1S/C17H25NO2.ClH/c1-12-10-14-16(11-13(12)2)20-9-6-15(17(14)19)18-7-4-3-5-8-18;/h10-11,15,17,19H,3-9H2,1-2H3;1H/t15-,17+;/m0./s1. The summed E-state index contributed by atoms with van der Waals surface area (Å²) in [7, 11) is 0. The smallest absolute Gasteiger partial charge is 0.125 e. The zero-order valence-corrected chi connectivity index (χ0v) is 13.8. The number of hydrogen-bond donors (Lipinski definition) is 1. The summed E-state index contributed by atoms with van der Waals surface area (Å²) in [6.07, 6.45) is 4.32. The largest absolute Gasteiger partial charge is 0.493 e. The van der Waals surface area contributed by atoms with Gasteiger partial charge >= 0.3 is 0 Å². The number of hydrogen-bond acceptors (Lipinski definition) is 3. The Kier molecular flexibility index (Phi) is 5.53. The first-order chi connectivity index (χ1) is 9.66. The molecule has 3 nitrogen and oxygen atoms in total. The number of fused-ring (bicyclic) bond motifs is 1. The monoisotopic (exact) mass is 311 g/mol. The summed E-state index contributed by atoms with van der Waals surface area (Å²) >= 11 is 0. The summed E-state index contributed by atoms with van der Waals surface area (Å²) in [5.41, 5.74) is 3.43. The molecular weight excluding hydrogens is 286 g/mol. The highest BCUT2D eigenvalue weighted by atomic mass is 35.5. The second-order valence-electron chi connectivity index (χ2n) is 6.22. The van der Waals surface area contributed by atoms with E-state index in [1.54, 1.807) is 0 Å². The maximum absolute atomic E-state index is 10.8. The molecule has 118 valence electrons. The minimum atomic E-state index is -0.426. The first kappa shape index (κ1) is 16.6. The fourth-order valence-electron chi connectivity index (χ4n) is 3.46. The van der Waals surface area contributed by atoms with Gasteiger partial charge in [0.15, 0.2) is 0 Å². The number of ether oxygens (including phenoxy) is 1. The highest BCUT2D eigenvalue weighted by Crippen LogP contribution is 2.36. The highest BCUT2D eigenvalue weighted by Gasteiger charge is 2.32. The third kappa shape index (κ3) is 3.36. The third-order valence-corrected chi connectivity index (χ3v) is 4.84. The maximum atomic E-state index is 10.8. The molecule has 3 rings (SSSR count). The van der Waals surface area contributed by atoms with Crippen molar-refractivity contribution in [2.24, 2.45) is 0 Å². The number of aryl methyl sites for hydroxylation is 2. The van der Waals surface area contributed by atoms with Crippen LogP contribution in [0.15, 0.2) is 12.1 Å². The van der Waals surface area contributed by atoms with Crippen LogP contribution in [-0.4, -0.2) is 35.7 Å². The van der Waals surface area contributed by atoms with E-state index in [-0.39, 0.29) is 18.4 Å². The zero-order valence-electron chi connectivity index (χ0n) is 13.0. The Morgan fingerprint density at radius 3 is 2.48 bits per heavy atom. The number of nitrogens with zero attached hydrogens (tertiary/aromatic N) is 1. The molecule has 1 saturated heterocycles. The Labute approximate surface area is 133 Å². The lowest BCUT2D eigenvalue weighted by atomic mass is 9.94. The van der Waals surface area contributed by atoms with E-state index in [1.165, 1.54) is 30.4 Å². The van der Waals surface area contributed by atoms with Crippen molar-refractivity contribution in [1.82, 2.24) is 4.90 Å². The lowest BCUT2D eigenvalue weighted by Crippen LogP contribution is -2.43. The molecule has 1 aromatic carbocycles. The Morgan fingerprint density at radius 2 is 1.76 bits per heavy atom. The van der Waals surface area contributed by atoms with Gasteiger partial charge in [0.05, 0.1) is 12.7 Å². The lowest BCUT2D eigenvalue weighted by Gasteiger charge is -2.36. The second kappa shape index (κ2) is 6.99. The Bertz CT molecular complexity index is 486. The predicted molar refractivity (Wildman–Crippen MR) is 87.4 cm³/mol. The van der Waals surface area contributed by atoms with Gasteiger partial charge in [-0.2, -0.15) is 0 Å². The van der Waals surface area contributed by atoms with Gasteiger partial charge in [-0.3, -0.25) is 4.90 Å². The minimum absolute atomic E-state index is 0. The first-order valence-corrected chi connectivity index (χ1v) is 7.83. The van der Waals surface area contributed by atoms with E-state index in [9.17, 15) is 5.11 Å². The van der Waals surface area contributed by atoms with Crippen molar-refractivity contribution in [3.63, 3.8) is 0 Å². The Morgan fingerprint density at radius 1 is 1.10 bits per heavy atom. The molecule has 0 aromatic heterocycles. The summed E-state index contributed by atoms with van der Waals surface area (Å²) in [6, 6.07) is 4.39. The summed E-state index contributed by atoms with van der Waals surface area (Å²) in [4.78, 5) is 2.46. The van der Waals surface area contributed by atoms with Gasteiger partial charge in [0.1, 0.15) is 5.75 Å². The minimum Gasteiger partial charge on any atom is -0.493 e. The van der Waals surface area contributed by atoms with Gasteiger partial charge in [0.25, 0.3) is 0 Å². The van der Waals surface area contributed by atoms with E-state index < -0.39 is 6.10 Å². The van der Waals surface area contributed by atoms with E-state index >= 15 is 0 Å². The zero-order chi connectivity index (χ0) is 14.1.